The summed E-state index contributed by atoms with van der Waals surface area (Å²) in [6, 6.07) is 4.23. The lowest BCUT2D eigenvalue weighted by molar-refractivity contribution is 0.402. The molecule has 0 amide bonds. The number of hydrogen-bond acceptors (Lipinski definition) is 3. The van der Waals surface area contributed by atoms with Crippen LogP contribution in [0.25, 0.3) is 0 Å². The van der Waals surface area contributed by atoms with Gasteiger partial charge in [0.05, 0.1) is 12.8 Å². The van der Waals surface area contributed by atoms with Crippen molar-refractivity contribution < 1.29 is 4.74 Å². The van der Waals surface area contributed by atoms with Crippen molar-refractivity contribution >= 4 is 11.4 Å². The van der Waals surface area contributed by atoms with Gasteiger partial charge in [-0.2, -0.15) is 0 Å². The molecule has 0 aromatic heterocycles. The van der Waals surface area contributed by atoms with Crippen LogP contribution in [0.5, 0.6) is 5.75 Å². The van der Waals surface area contributed by atoms with Crippen molar-refractivity contribution in [3.63, 3.8) is 0 Å². The van der Waals surface area contributed by atoms with Gasteiger partial charge in [0.15, 0.2) is 0 Å². The number of rotatable bonds is 8. The van der Waals surface area contributed by atoms with Gasteiger partial charge in [0.1, 0.15) is 5.75 Å². The van der Waals surface area contributed by atoms with Crippen LogP contribution in [-0.4, -0.2) is 20.2 Å². The van der Waals surface area contributed by atoms with Crippen LogP contribution in [0.15, 0.2) is 12.1 Å². The predicted molar refractivity (Wildman–Crippen MR) is 110 cm³/mol. The van der Waals surface area contributed by atoms with Gasteiger partial charge in [0, 0.05) is 24.8 Å². The summed E-state index contributed by atoms with van der Waals surface area (Å²) < 4.78 is 5.69. The molecule has 2 N–H and O–H groups in total. The standard InChI is InChI=1S/C22H38N2O/c1-5-7-9-18-11-12-19(10-8-6-2)16-24(15-18)21-13-17(3)20(23)14-22(21)25-4/h13-14,18-19H,5-12,15-16,23H2,1-4H3. The second-order valence-electron chi connectivity index (χ2n) is 7.88. The molecular formula is C22H38N2O. The number of benzene rings is 1. The first-order valence-corrected chi connectivity index (χ1v) is 10.3. The molecule has 3 heteroatoms. The van der Waals surface area contributed by atoms with Gasteiger partial charge in [0.2, 0.25) is 0 Å². The molecule has 1 aromatic rings. The molecule has 0 radical (unpaired) electrons. The van der Waals surface area contributed by atoms with Crippen LogP contribution in [0.1, 0.15) is 70.8 Å². The van der Waals surface area contributed by atoms with Crippen LogP contribution in [0.3, 0.4) is 0 Å². The van der Waals surface area contributed by atoms with E-state index in [0.29, 0.717) is 0 Å². The van der Waals surface area contributed by atoms with Crippen LogP contribution < -0.4 is 15.4 Å². The average molecular weight is 347 g/mol. The number of hydrogen-bond donors (Lipinski definition) is 1. The molecule has 0 saturated carbocycles. The number of methoxy groups -OCH3 is 1. The summed E-state index contributed by atoms with van der Waals surface area (Å²) >= 11 is 0. The number of nitrogens with zero attached hydrogens (tertiary/aromatic N) is 1. The first kappa shape index (κ1) is 19.9. The number of ether oxygens (including phenoxy) is 1. The molecule has 1 aliphatic heterocycles. The Hall–Kier alpha value is -1.38. The third kappa shape index (κ3) is 5.55. The van der Waals surface area contributed by atoms with Crippen LogP contribution in [0.4, 0.5) is 11.4 Å². The molecule has 2 rings (SSSR count). The topological polar surface area (TPSA) is 38.5 Å². The van der Waals surface area contributed by atoms with Crippen LogP contribution in [0, 0.1) is 18.8 Å². The maximum absolute atomic E-state index is 6.11. The van der Waals surface area contributed by atoms with Gasteiger partial charge in [-0.3, -0.25) is 0 Å². The molecule has 142 valence electrons. The maximum atomic E-state index is 6.11. The number of nitrogens with two attached hydrogens (primary N) is 1. The molecule has 1 saturated heterocycles. The zero-order valence-corrected chi connectivity index (χ0v) is 16.8. The highest BCUT2D eigenvalue weighted by Gasteiger charge is 2.26. The van der Waals surface area contributed by atoms with Crippen molar-refractivity contribution in [3.05, 3.63) is 17.7 Å². The molecule has 3 nitrogen and oxygen atoms in total. The Morgan fingerprint density at radius 1 is 1.04 bits per heavy atom. The Labute approximate surface area is 154 Å². The average Bonchev–Trinajstić information content (AvgIpc) is 2.82. The van der Waals surface area contributed by atoms with E-state index in [1.807, 2.05) is 6.07 Å². The first-order valence-electron chi connectivity index (χ1n) is 10.3. The SMILES string of the molecule is CCCCC1CCC(CCCC)CN(c2cc(C)c(N)cc2OC)C1. The zero-order valence-electron chi connectivity index (χ0n) is 16.8. The fraction of sp³-hybridized carbons (Fsp3) is 0.727. The van der Waals surface area contributed by atoms with E-state index in [-0.39, 0.29) is 0 Å². The van der Waals surface area contributed by atoms with Crippen LogP contribution in [0.2, 0.25) is 0 Å². The second-order valence-corrected chi connectivity index (χ2v) is 7.88. The van der Waals surface area contributed by atoms with E-state index in [1.54, 1.807) is 7.11 Å². The molecule has 2 unspecified atom stereocenters. The summed E-state index contributed by atoms with van der Waals surface area (Å²) in [5.74, 6) is 2.52. The highest BCUT2D eigenvalue weighted by Crippen LogP contribution is 2.37. The molecule has 2 atom stereocenters. The summed E-state index contributed by atoms with van der Waals surface area (Å²) in [5, 5.41) is 0. The molecule has 0 aliphatic carbocycles. The quantitative estimate of drug-likeness (QED) is 0.605. The van der Waals surface area contributed by atoms with E-state index in [1.165, 1.54) is 57.1 Å². The van der Waals surface area contributed by atoms with Crippen LogP contribution >= 0.6 is 0 Å². The van der Waals surface area contributed by atoms with E-state index in [0.717, 1.165) is 41.9 Å². The van der Waals surface area contributed by atoms with Crippen molar-refractivity contribution in [2.45, 2.75) is 72.1 Å². The fourth-order valence-electron chi connectivity index (χ4n) is 4.10. The molecule has 1 fully saturated rings. The molecule has 1 heterocycles. The normalized spacial score (nSPS) is 21.2. The lowest BCUT2D eigenvalue weighted by Crippen LogP contribution is -2.31. The molecule has 25 heavy (non-hydrogen) atoms. The van der Waals surface area contributed by atoms with Gasteiger partial charge in [0.25, 0.3) is 0 Å². The van der Waals surface area contributed by atoms with E-state index >= 15 is 0 Å². The van der Waals surface area contributed by atoms with Crippen molar-refractivity contribution in [1.82, 2.24) is 0 Å². The van der Waals surface area contributed by atoms with Crippen molar-refractivity contribution in [2.75, 3.05) is 30.8 Å². The lowest BCUT2D eigenvalue weighted by atomic mass is 9.92. The minimum atomic E-state index is 0.800. The number of aryl methyl sites for hydroxylation is 1. The number of nitrogen functional groups attached to an aromatic ring is 1. The maximum Gasteiger partial charge on any atom is 0.144 e. The number of anilines is 2. The third-order valence-corrected chi connectivity index (χ3v) is 5.78. The highest BCUT2D eigenvalue weighted by molar-refractivity contribution is 5.67. The molecule has 0 spiro atoms. The largest absolute Gasteiger partial charge is 0.495 e. The summed E-state index contributed by atoms with van der Waals surface area (Å²) in [5.41, 5.74) is 9.32. The third-order valence-electron chi connectivity index (χ3n) is 5.78. The van der Waals surface area contributed by atoms with Gasteiger partial charge < -0.3 is 15.4 Å². The van der Waals surface area contributed by atoms with Gasteiger partial charge in [-0.1, -0.05) is 39.5 Å². The monoisotopic (exact) mass is 346 g/mol. The van der Waals surface area contributed by atoms with Crippen molar-refractivity contribution in [2.24, 2.45) is 11.8 Å². The van der Waals surface area contributed by atoms with Gasteiger partial charge >= 0.3 is 0 Å². The second kappa shape index (κ2) is 9.94. The highest BCUT2D eigenvalue weighted by atomic mass is 16.5. The molecule has 1 aliphatic rings. The minimum Gasteiger partial charge on any atom is -0.495 e. The fourth-order valence-corrected chi connectivity index (χ4v) is 4.10. The van der Waals surface area contributed by atoms with E-state index in [2.05, 4.69) is 31.7 Å². The van der Waals surface area contributed by atoms with Gasteiger partial charge in [-0.15, -0.1) is 0 Å². The summed E-state index contributed by atoms with van der Waals surface area (Å²) in [6.45, 7) is 9.00. The minimum absolute atomic E-state index is 0.800. The summed E-state index contributed by atoms with van der Waals surface area (Å²) in [7, 11) is 1.76. The van der Waals surface area contributed by atoms with E-state index in [4.69, 9.17) is 10.5 Å². The predicted octanol–water partition coefficient (Wildman–Crippen LogP) is 5.80. The Morgan fingerprint density at radius 2 is 1.60 bits per heavy atom. The molecule has 0 bridgehead atoms. The van der Waals surface area contributed by atoms with Crippen molar-refractivity contribution in [1.29, 1.82) is 0 Å². The lowest BCUT2D eigenvalue weighted by Gasteiger charge is -2.30. The van der Waals surface area contributed by atoms with E-state index < -0.39 is 0 Å². The zero-order chi connectivity index (χ0) is 18.2. The Balaban J connectivity index is 2.25. The summed E-state index contributed by atoms with van der Waals surface area (Å²) in [4.78, 5) is 2.60. The Kier molecular flexibility index (Phi) is 7.92. The summed E-state index contributed by atoms with van der Waals surface area (Å²) in [6.07, 6.45) is 10.7. The van der Waals surface area contributed by atoms with Gasteiger partial charge in [-0.05, 0) is 56.1 Å². The van der Waals surface area contributed by atoms with Crippen LogP contribution in [-0.2, 0) is 0 Å². The Morgan fingerprint density at radius 3 is 2.08 bits per heavy atom. The molecular weight excluding hydrogens is 308 g/mol. The van der Waals surface area contributed by atoms with Crippen molar-refractivity contribution in [3.8, 4) is 5.75 Å². The van der Waals surface area contributed by atoms with Gasteiger partial charge in [-0.25, -0.2) is 0 Å². The van der Waals surface area contributed by atoms with E-state index in [9.17, 15) is 0 Å². The first-order chi connectivity index (χ1) is 12.1. The Bertz CT molecular complexity index is 511. The molecule has 1 aromatic carbocycles. The number of unbranched alkanes of at least 4 members (excludes halogenated alkanes) is 2. The smallest absolute Gasteiger partial charge is 0.144 e.